The van der Waals surface area contributed by atoms with Crippen molar-refractivity contribution in [3.8, 4) is 22.5 Å². The Bertz CT molecular complexity index is 2440. The summed E-state index contributed by atoms with van der Waals surface area (Å²) in [4.78, 5) is 49.6. The van der Waals surface area contributed by atoms with Gasteiger partial charge in [0.1, 0.15) is 5.82 Å². The number of tetrazole rings is 1. The van der Waals surface area contributed by atoms with E-state index in [1.807, 2.05) is 103 Å². The number of ketones is 1. The van der Waals surface area contributed by atoms with Crippen LogP contribution in [-0.2, 0) is 32.9 Å². The van der Waals surface area contributed by atoms with Gasteiger partial charge in [-0.05, 0) is 51.1 Å². The zero-order valence-electron chi connectivity index (χ0n) is 31.2. The molecule has 0 spiro atoms. The number of hydroxylamine groups is 2. The Morgan fingerprint density at radius 2 is 1.39 bits per heavy atom. The fourth-order valence-electron chi connectivity index (χ4n) is 7.41. The third kappa shape index (κ3) is 7.13. The fourth-order valence-corrected chi connectivity index (χ4v) is 7.69. The smallest absolute Gasteiger partial charge is 0.330 e. The molecule has 1 aliphatic heterocycles. The predicted octanol–water partition coefficient (Wildman–Crippen LogP) is 7.96. The van der Waals surface area contributed by atoms with E-state index in [1.165, 1.54) is 0 Å². The van der Waals surface area contributed by atoms with E-state index in [0.29, 0.717) is 18.1 Å². The zero-order valence-corrected chi connectivity index (χ0v) is 31.9. The number of halogens is 1. The summed E-state index contributed by atoms with van der Waals surface area (Å²) in [6.07, 6.45) is 2.22. The Morgan fingerprint density at radius 3 is 1.95 bits per heavy atom. The van der Waals surface area contributed by atoms with Crippen LogP contribution in [0.4, 0.5) is 0 Å². The number of carbonyl (C=O) groups excluding carboxylic acids is 3. The molecule has 3 heterocycles. The minimum atomic E-state index is -0.974. The number of nitrogens with zero attached hydrogens (tertiary/aromatic N) is 7. The van der Waals surface area contributed by atoms with Crippen LogP contribution < -0.4 is 0 Å². The number of carbonyl (C=O) groups is 3. The standard InChI is InChI=1S/C45H38ClN7O4/c1-2-3-24-39-47-41(46)40(44(56)57-52-28-27-38(54)43(52)55)51(39)30-31-25-26-36(32-16-8-4-9-17-32)37(29-31)42-48-50-53(49-42)45(33-18-10-5-11-19-33,34-20-12-6-13-21-34)35-22-14-7-15-23-35/h4-23,25-26,29H,2-3,24,27-28,30H2,1H3. The summed E-state index contributed by atoms with van der Waals surface area (Å²) < 4.78 is 1.72. The summed E-state index contributed by atoms with van der Waals surface area (Å²) in [5, 5.41) is 15.5. The van der Waals surface area contributed by atoms with Gasteiger partial charge in [-0.2, -0.15) is 5.06 Å². The molecule has 8 rings (SSSR count). The molecular weight excluding hydrogens is 738 g/mol. The van der Waals surface area contributed by atoms with Crippen molar-refractivity contribution in [3.63, 3.8) is 0 Å². The molecule has 0 atom stereocenters. The average molecular weight is 776 g/mol. The summed E-state index contributed by atoms with van der Waals surface area (Å²) >= 11 is 6.64. The van der Waals surface area contributed by atoms with Gasteiger partial charge in [0, 0.05) is 24.9 Å². The number of hydrogen-bond donors (Lipinski definition) is 0. The molecule has 0 saturated carbocycles. The molecule has 5 aromatic carbocycles. The Kier molecular flexibility index (Phi) is 10.6. The maximum atomic E-state index is 13.6. The number of unbranched alkanes of at least 4 members (excludes halogenated alkanes) is 1. The van der Waals surface area contributed by atoms with Gasteiger partial charge in [0.2, 0.25) is 11.6 Å². The molecule has 57 heavy (non-hydrogen) atoms. The van der Waals surface area contributed by atoms with Gasteiger partial charge in [0.15, 0.2) is 16.4 Å². The maximum absolute atomic E-state index is 13.6. The Hall–Kier alpha value is -6.72. The van der Waals surface area contributed by atoms with Gasteiger partial charge in [-0.25, -0.2) is 9.78 Å². The van der Waals surface area contributed by atoms with Crippen LogP contribution in [0.25, 0.3) is 22.5 Å². The zero-order chi connectivity index (χ0) is 39.4. The number of amides is 1. The summed E-state index contributed by atoms with van der Waals surface area (Å²) in [6.45, 7) is 2.24. The quantitative estimate of drug-likeness (QED) is 0.0854. The first kappa shape index (κ1) is 37.2. The molecule has 1 fully saturated rings. The third-order valence-electron chi connectivity index (χ3n) is 10.2. The summed E-state index contributed by atoms with van der Waals surface area (Å²) in [6, 6.07) is 46.4. The van der Waals surface area contributed by atoms with Gasteiger partial charge in [0.05, 0.1) is 6.54 Å². The first-order chi connectivity index (χ1) is 27.9. The molecule has 1 aliphatic rings. The second-order valence-corrected chi connectivity index (χ2v) is 14.1. The molecule has 11 nitrogen and oxygen atoms in total. The van der Waals surface area contributed by atoms with Crippen molar-refractivity contribution in [1.82, 2.24) is 34.8 Å². The van der Waals surface area contributed by atoms with Crippen molar-refractivity contribution in [3.05, 3.63) is 178 Å². The highest BCUT2D eigenvalue weighted by atomic mass is 35.5. The number of hydrogen-bond acceptors (Lipinski definition) is 8. The topological polar surface area (TPSA) is 125 Å². The molecule has 0 N–H and O–H groups in total. The van der Waals surface area contributed by atoms with E-state index in [-0.39, 0.29) is 30.4 Å². The number of imidazole rings is 1. The van der Waals surface area contributed by atoms with E-state index in [2.05, 4.69) is 48.3 Å². The van der Waals surface area contributed by atoms with Crippen LogP contribution >= 0.6 is 11.6 Å². The van der Waals surface area contributed by atoms with Crippen molar-refractivity contribution in [2.24, 2.45) is 0 Å². The highest BCUT2D eigenvalue weighted by Crippen LogP contribution is 2.40. The second-order valence-electron chi connectivity index (χ2n) is 13.8. The van der Waals surface area contributed by atoms with Gasteiger partial charge >= 0.3 is 11.9 Å². The van der Waals surface area contributed by atoms with Gasteiger partial charge in [-0.15, -0.1) is 15.0 Å². The molecule has 0 unspecified atom stereocenters. The van der Waals surface area contributed by atoms with Crippen LogP contribution in [0.2, 0.25) is 5.15 Å². The molecule has 7 aromatic rings. The lowest BCUT2D eigenvalue weighted by Gasteiger charge is -2.34. The molecule has 1 saturated heterocycles. The number of rotatable bonds is 13. The van der Waals surface area contributed by atoms with Gasteiger partial charge < -0.3 is 9.40 Å². The molecule has 0 aliphatic carbocycles. The largest absolute Gasteiger partial charge is 0.382 e. The second kappa shape index (κ2) is 16.2. The van der Waals surface area contributed by atoms with E-state index in [4.69, 9.17) is 31.8 Å². The maximum Gasteiger partial charge on any atom is 0.382 e. The molecular formula is C45H38ClN7O4. The highest BCUT2D eigenvalue weighted by molar-refractivity contribution is 6.37. The number of aryl methyl sites for hydroxylation is 1. The van der Waals surface area contributed by atoms with Crippen molar-refractivity contribution in [1.29, 1.82) is 0 Å². The highest BCUT2D eigenvalue weighted by Gasteiger charge is 2.41. The summed E-state index contributed by atoms with van der Waals surface area (Å²) in [5.41, 5.74) is 5.26. The third-order valence-corrected chi connectivity index (χ3v) is 10.5. The molecule has 0 bridgehead atoms. The number of benzene rings is 5. The molecule has 2 aromatic heterocycles. The Balaban J connectivity index is 1.26. The van der Waals surface area contributed by atoms with Crippen molar-refractivity contribution in [2.45, 2.75) is 44.7 Å². The van der Waals surface area contributed by atoms with Crippen LogP contribution in [0.3, 0.4) is 0 Å². The normalized spacial score (nSPS) is 13.0. The Labute approximate surface area is 334 Å². The molecule has 12 heteroatoms. The van der Waals surface area contributed by atoms with E-state index in [1.54, 1.807) is 9.36 Å². The SMILES string of the molecule is CCCCc1nc(Cl)c(C(=O)ON2CCC(=O)C2=O)n1Cc1ccc(-c2ccccc2)c(-c2nnn(C(c3ccccc3)(c3ccccc3)c3ccccc3)n2)c1. The van der Waals surface area contributed by atoms with Gasteiger partial charge in [0.25, 0.3) is 0 Å². The van der Waals surface area contributed by atoms with E-state index < -0.39 is 23.2 Å². The van der Waals surface area contributed by atoms with Crippen LogP contribution in [0, 0.1) is 0 Å². The van der Waals surface area contributed by atoms with E-state index >= 15 is 0 Å². The van der Waals surface area contributed by atoms with Crippen LogP contribution in [-0.4, -0.2) is 59.0 Å². The fraction of sp³-hybridized carbons (Fsp3) is 0.178. The summed E-state index contributed by atoms with van der Waals surface area (Å²) in [7, 11) is 0. The van der Waals surface area contributed by atoms with Crippen LogP contribution in [0.1, 0.15) is 64.8 Å². The Morgan fingerprint density at radius 1 is 0.789 bits per heavy atom. The van der Waals surface area contributed by atoms with Crippen molar-refractivity contribution >= 4 is 29.3 Å². The molecule has 284 valence electrons. The first-order valence-corrected chi connectivity index (χ1v) is 19.2. The number of Topliss-reactive ketones (excluding diaryl/α,β-unsaturated/α-hetero) is 1. The van der Waals surface area contributed by atoms with Crippen molar-refractivity contribution in [2.75, 3.05) is 6.54 Å². The lowest BCUT2D eigenvalue weighted by Crippen LogP contribution is -2.39. The molecule has 0 radical (unpaired) electrons. The van der Waals surface area contributed by atoms with Crippen molar-refractivity contribution < 1.29 is 19.2 Å². The number of aromatic nitrogens is 6. The van der Waals surface area contributed by atoms with Gasteiger partial charge in [-0.1, -0.05) is 158 Å². The monoisotopic (exact) mass is 775 g/mol. The van der Waals surface area contributed by atoms with Crippen LogP contribution in [0.5, 0.6) is 0 Å². The predicted molar refractivity (Wildman–Crippen MR) is 215 cm³/mol. The van der Waals surface area contributed by atoms with Crippen LogP contribution in [0.15, 0.2) is 140 Å². The first-order valence-electron chi connectivity index (χ1n) is 18.9. The van der Waals surface area contributed by atoms with E-state index in [9.17, 15) is 14.4 Å². The van der Waals surface area contributed by atoms with E-state index in [0.717, 1.165) is 56.8 Å². The lowest BCUT2D eigenvalue weighted by molar-refractivity contribution is -0.163. The molecule has 1 amide bonds. The summed E-state index contributed by atoms with van der Waals surface area (Å²) in [5.74, 6) is -1.36. The minimum absolute atomic E-state index is 0.00830. The minimum Gasteiger partial charge on any atom is -0.330 e. The van der Waals surface area contributed by atoms with Gasteiger partial charge in [-0.3, -0.25) is 9.59 Å². The average Bonchev–Trinajstić information content (AvgIpc) is 3.96. The lowest BCUT2D eigenvalue weighted by atomic mass is 9.77.